The Morgan fingerprint density at radius 3 is 2.29 bits per heavy atom. The van der Waals surface area contributed by atoms with Crippen molar-refractivity contribution in [3.63, 3.8) is 0 Å². The average molecular weight is 423 g/mol. The lowest BCUT2D eigenvalue weighted by Gasteiger charge is -2.36. The van der Waals surface area contributed by atoms with Crippen molar-refractivity contribution in [1.82, 2.24) is 10.3 Å². The zero-order chi connectivity index (χ0) is 22.4. The van der Waals surface area contributed by atoms with Gasteiger partial charge in [0.1, 0.15) is 5.75 Å². The van der Waals surface area contributed by atoms with Gasteiger partial charge in [0, 0.05) is 49.4 Å². The summed E-state index contributed by atoms with van der Waals surface area (Å²) in [6.07, 6.45) is 0. The number of hydrogen-bond donors (Lipinski definition) is 1. The Morgan fingerprint density at radius 2 is 1.68 bits per heavy atom. The summed E-state index contributed by atoms with van der Waals surface area (Å²) in [5.41, 5.74) is 6.47. The summed E-state index contributed by atoms with van der Waals surface area (Å²) in [5, 5.41) is 4.23. The number of anilines is 1. The third kappa shape index (κ3) is 6.07. The first kappa shape index (κ1) is 22.8. The molecule has 31 heavy (non-hydrogen) atoms. The van der Waals surface area contributed by atoms with E-state index in [2.05, 4.69) is 53.2 Å². The first-order valence-electron chi connectivity index (χ1n) is 10.8. The first-order chi connectivity index (χ1) is 14.8. The molecule has 1 fully saturated rings. The Labute approximate surface area is 185 Å². The maximum atomic E-state index is 12.4. The van der Waals surface area contributed by atoms with Crippen LogP contribution in [0.5, 0.6) is 5.75 Å². The van der Waals surface area contributed by atoms with Crippen LogP contribution in [0.3, 0.4) is 0 Å². The highest BCUT2D eigenvalue weighted by molar-refractivity contribution is 5.95. The molecule has 0 atom stereocenters. The van der Waals surface area contributed by atoms with Crippen molar-refractivity contribution < 1.29 is 9.53 Å². The summed E-state index contributed by atoms with van der Waals surface area (Å²) in [6.45, 7) is 12.9. The van der Waals surface area contributed by atoms with Gasteiger partial charge in [0.15, 0.2) is 0 Å². The molecule has 1 heterocycles. The molecule has 1 aliphatic heterocycles. The average Bonchev–Trinajstić information content (AvgIpc) is 2.77. The van der Waals surface area contributed by atoms with E-state index in [-0.39, 0.29) is 11.3 Å². The molecule has 1 saturated heterocycles. The molecule has 2 aromatic carbocycles. The van der Waals surface area contributed by atoms with Gasteiger partial charge in [0.05, 0.1) is 12.8 Å². The number of methoxy groups -OCH3 is 1. The van der Waals surface area contributed by atoms with Crippen LogP contribution in [0.2, 0.25) is 0 Å². The van der Waals surface area contributed by atoms with E-state index in [0.717, 1.165) is 49.9 Å². The summed E-state index contributed by atoms with van der Waals surface area (Å²) >= 11 is 0. The number of rotatable bonds is 6. The minimum atomic E-state index is -0.180. The number of carbonyl (C=O) groups is 1. The van der Waals surface area contributed by atoms with Crippen molar-refractivity contribution in [1.29, 1.82) is 0 Å². The highest BCUT2D eigenvalue weighted by Gasteiger charge is 2.20. The Morgan fingerprint density at radius 1 is 1.03 bits per heavy atom. The minimum absolute atomic E-state index is 0.0627. The Balaban J connectivity index is 1.52. The molecule has 0 aromatic heterocycles. The van der Waals surface area contributed by atoms with E-state index < -0.39 is 0 Å². The molecule has 1 N–H and O–H groups in total. The predicted octanol–water partition coefficient (Wildman–Crippen LogP) is 4.17. The van der Waals surface area contributed by atoms with Crippen molar-refractivity contribution in [2.24, 2.45) is 10.5 Å². The lowest BCUT2D eigenvalue weighted by atomic mass is 9.91. The number of carbonyl (C=O) groups excluding carboxylic acids is 1. The number of amides is 1. The van der Waals surface area contributed by atoms with E-state index in [1.165, 1.54) is 5.56 Å². The number of hydrogen-bond acceptors (Lipinski definition) is 5. The molecule has 6 nitrogen and oxygen atoms in total. The van der Waals surface area contributed by atoms with Crippen LogP contribution < -0.4 is 15.1 Å². The van der Waals surface area contributed by atoms with Crippen molar-refractivity contribution >= 4 is 17.3 Å². The molecule has 0 unspecified atom stereocenters. The standard InChI is InChI=1S/C25H34N4O2/c1-19(25(2,3)4)26-27-24(30)21-12-10-20(11-13-21)18-28-14-16-29(17-15-28)22-8-6-7-9-23(22)31-5/h6-13H,14-18H2,1-5H3,(H,27,30)/b26-19-. The second-order valence-corrected chi connectivity index (χ2v) is 9.02. The van der Waals surface area contributed by atoms with Crippen LogP contribution in [0.1, 0.15) is 43.6 Å². The third-order valence-electron chi connectivity index (χ3n) is 5.83. The SMILES string of the molecule is COc1ccccc1N1CCN(Cc2ccc(C(=O)N/N=C(/C)C(C)(C)C)cc2)CC1. The van der Waals surface area contributed by atoms with Gasteiger partial charge in [-0.2, -0.15) is 5.10 Å². The summed E-state index contributed by atoms with van der Waals surface area (Å²) in [7, 11) is 1.72. The number of hydrazone groups is 1. The predicted molar refractivity (Wildman–Crippen MR) is 127 cm³/mol. The molecule has 0 aliphatic carbocycles. The lowest BCUT2D eigenvalue weighted by Crippen LogP contribution is -2.46. The van der Waals surface area contributed by atoms with E-state index in [4.69, 9.17) is 4.74 Å². The van der Waals surface area contributed by atoms with Crippen LogP contribution >= 0.6 is 0 Å². The quantitative estimate of drug-likeness (QED) is 0.561. The third-order valence-corrected chi connectivity index (χ3v) is 5.83. The number of nitrogens with zero attached hydrogens (tertiary/aromatic N) is 3. The highest BCUT2D eigenvalue weighted by atomic mass is 16.5. The molecule has 2 aromatic rings. The maximum absolute atomic E-state index is 12.4. The number of ether oxygens (including phenoxy) is 1. The Hall–Kier alpha value is -2.86. The monoisotopic (exact) mass is 422 g/mol. The van der Waals surface area contributed by atoms with Crippen molar-refractivity contribution in [3.05, 3.63) is 59.7 Å². The fourth-order valence-corrected chi connectivity index (χ4v) is 3.42. The molecule has 0 spiro atoms. The van der Waals surface area contributed by atoms with Gasteiger partial charge in [-0.3, -0.25) is 9.69 Å². The molecule has 3 rings (SSSR count). The first-order valence-corrected chi connectivity index (χ1v) is 10.8. The lowest BCUT2D eigenvalue weighted by molar-refractivity contribution is 0.0954. The molecule has 166 valence electrons. The smallest absolute Gasteiger partial charge is 0.271 e. The second-order valence-electron chi connectivity index (χ2n) is 9.02. The Kier molecular flexibility index (Phi) is 7.33. The van der Waals surface area contributed by atoms with Crippen molar-refractivity contribution in [2.45, 2.75) is 34.2 Å². The fourth-order valence-electron chi connectivity index (χ4n) is 3.42. The van der Waals surface area contributed by atoms with Crippen LogP contribution in [0.4, 0.5) is 5.69 Å². The zero-order valence-electron chi connectivity index (χ0n) is 19.3. The van der Waals surface area contributed by atoms with Gasteiger partial charge in [-0.1, -0.05) is 45.0 Å². The molecule has 1 amide bonds. The summed E-state index contributed by atoms with van der Waals surface area (Å²) < 4.78 is 5.50. The van der Waals surface area contributed by atoms with E-state index in [9.17, 15) is 4.79 Å². The van der Waals surface area contributed by atoms with Gasteiger partial charge in [-0.05, 0) is 36.8 Å². The van der Waals surface area contributed by atoms with Gasteiger partial charge in [-0.15, -0.1) is 0 Å². The van der Waals surface area contributed by atoms with Crippen LogP contribution in [-0.4, -0.2) is 49.8 Å². The molecule has 6 heteroatoms. The largest absolute Gasteiger partial charge is 0.495 e. The topological polar surface area (TPSA) is 57.2 Å². The summed E-state index contributed by atoms with van der Waals surface area (Å²) in [6, 6.07) is 16.0. The molecule has 0 saturated carbocycles. The molecule has 0 radical (unpaired) electrons. The van der Waals surface area contributed by atoms with Crippen LogP contribution in [-0.2, 0) is 6.54 Å². The van der Waals surface area contributed by atoms with E-state index >= 15 is 0 Å². The fraction of sp³-hybridized carbons (Fsp3) is 0.440. The normalized spacial score (nSPS) is 15.6. The zero-order valence-corrected chi connectivity index (χ0v) is 19.3. The minimum Gasteiger partial charge on any atom is -0.495 e. The van der Waals surface area contributed by atoms with Gasteiger partial charge in [0.2, 0.25) is 0 Å². The number of piperazine rings is 1. The molecule has 1 aliphatic rings. The second kappa shape index (κ2) is 9.96. The van der Waals surface area contributed by atoms with Gasteiger partial charge in [-0.25, -0.2) is 5.43 Å². The van der Waals surface area contributed by atoms with Gasteiger partial charge >= 0.3 is 0 Å². The van der Waals surface area contributed by atoms with E-state index in [0.29, 0.717) is 5.56 Å². The van der Waals surface area contributed by atoms with Crippen molar-refractivity contribution in [3.8, 4) is 5.75 Å². The maximum Gasteiger partial charge on any atom is 0.271 e. The molecular weight excluding hydrogens is 388 g/mol. The number of para-hydroxylation sites is 2. The number of nitrogens with one attached hydrogen (secondary N) is 1. The van der Waals surface area contributed by atoms with E-state index in [1.807, 2.05) is 43.3 Å². The van der Waals surface area contributed by atoms with Crippen molar-refractivity contribution in [2.75, 3.05) is 38.2 Å². The number of benzene rings is 2. The molecular formula is C25H34N4O2. The summed E-state index contributed by atoms with van der Waals surface area (Å²) in [5.74, 6) is 0.743. The summed E-state index contributed by atoms with van der Waals surface area (Å²) in [4.78, 5) is 17.2. The Bertz CT molecular complexity index is 908. The van der Waals surface area contributed by atoms with Crippen LogP contribution in [0, 0.1) is 5.41 Å². The van der Waals surface area contributed by atoms with Crippen LogP contribution in [0.15, 0.2) is 53.6 Å². The molecule has 0 bridgehead atoms. The van der Waals surface area contributed by atoms with Crippen LogP contribution in [0.25, 0.3) is 0 Å². The van der Waals surface area contributed by atoms with E-state index in [1.54, 1.807) is 7.11 Å². The van der Waals surface area contributed by atoms with Gasteiger partial charge < -0.3 is 9.64 Å². The van der Waals surface area contributed by atoms with Gasteiger partial charge in [0.25, 0.3) is 5.91 Å². The highest BCUT2D eigenvalue weighted by Crippen LogP contribution is 2.28.